The van der Waals surface area contributed by atoms with Gasteiger partial charge in [0.1, 0.15) is 0 Å². The summed E-state index contributed by atoms with van der Waals surface area (Å²) in [7, 11) is 0. The van der Waals surface area contributed by atoms with E-state index in [-0.39, 0.29) is 0 Å². The molecule has 80 heavy (non-hydrogen) atoms. The van der Waals surface area contributed by atoms with E-state index in [0.29, 0.717) is 0 Å². The molecule has 0 atom stereocenters. The first kappa shape index (κ1) is 46.7. The predicted octanol–water partition coefficient (Wildman–Crippen LogP) is 21.2. The van der Waals surface area contributed by atoms with Crippen molar-refractivity contribution in [3.63, 3.8) is 0 Å². The standard InChI is InChI=1S/C78H52N2/c1-6-20-53(21-7-1)58-30-18-31-59(42-58)60-32-19-33-69(49-60)79-75-35-17-16-34-71(75)74-52-70(38-41-78(74)79)80-76-39-36-61(67-45-63(54-22-8-2-9-23-54)43-64(46-67)55-24-10-3-11-25-55)50-72(76)73-51-62(37-40-77(73)80)68-47-65(56-26-12-4-13-27-56)44-66(48-68)57-28-14-5-15-29-57/h1-52H. The number of fused-ring (bicyclic) bond motifs is 6. The molecule has 2 nitrogen and oxygen atoms in total. The third kappa shape index (κ3) is 8.48. The van der Waals surface area contributed by atoms with Gasteiger partial charge in [-0.25, -0.2) is 0 Å². The molecule has 0 saturated heterocycles. The van der Waals surface area contributed by atoms with Gasteiger partial charge in [-0.15, -0.1) is 0 Å². The van der Waals surface area contributed by atoms with Crippen molar-refractivity contribution in [3.05, 3.63) is 315 Å². The zero-order valence-electron chi connectivity index (χ0n) is 43.9. The first-order valence-electron chi connectivity index (χ1n) is 27.5. The molecule has 0 saturated carbocycles. The quantitative estimate of drug-likeness (QED) is 0.129. The van der Waals surface area contributed by atoms with Crippen LogP contribution in [0.5, 0.6) is 0 Å². The van der Waals surface area contributed by atoms with Crippen LogP contribution in [0.15, 0.2) is 315 Å². The van der Waals surface area contributed by atoms with Crippen LogP contribution in [0.2, 0.25) is 0 Å². The third-order valence-electron chi connectivity index (χ3n) is 16.0. The highest BCUT2D eigenvalue weighted by atomic mass is 15.0. The van der Waals surface area contributed by atoms with Gasteiger partial charge in [0.25, 0.3) is 0 Å². The summed E-state index contributed by atoms with van der Waals surface area (Å²) in [6.07, 6.45) is 0. The summed E-state index contributed by atoms with van der Waals surface area (Å²) in [5.41, 5.74) is 25.9. The highest BCUT2D eigenvalue weighted by molar-refractivity contribution is 6.14. The molecule has 15 aromatic rings. The number of hydrogen-bond acceptors (Lipinski definition) is 0. The molecule has 0 fully saturated rings. The Morgan fingerprint density at radius 1 is 0.138 bits per heavy atom. The van der Waals surface area contributed by atoms with Gasteiger partial charge in [0, 0.05) is 32.9 Å². The number of nitrogens with zero attached hydrogens (tertiary/aromatic N) is 2. The molecule has 0 aliphatic heterocycles. The normalized spacial score (nSPS) is 11.5. The Balaban J connectivity index is 0.922. The summed E-state index contributed by atoms with van der Waals surface area (Å²) < 4.78 is 4.92. The van der Waals surface area contributed by atoms with Crippen LogP contribution in [-0.4, -0.2) is 9.13 Å². The van der Waals surface area contributed by atoms with Gasteiger partial charge in [-0.1, -0.05) is 212 Å². The van der Waals surface area contributed by atoms with Gasteiger partial charge in [0.2, 0.25) is 0 Å². The number of aromatic nitrogens is 2. The molecule has 0 aliphatic rings. The van der Waals surface area contributed by atoms with Crippen molar-refractivity contribution >= 4 is 43.6 Å². The van der Waals surface area contributed by atoms with E-state index >= 15 is 0 Å². The summed E-state index contributed by atoms with van der Waals surface area (Å²) in [6.45, 7) is 0. The van der Waals surface area contributed by atoms with Gasteiger partial charge in [-0.2, -0.15) is 0 Å². The first-order chi connectivity index (χ1) is 39.6. The van der Waals surface area contributed by atoms with Gasteiger partial charge >= 0.3 is 0 Å². The molecule has 2 aromatic heterocycles. The van der Waals surface area contributed by atoms with Crippen LogP contribution in [-0.2, 0) is 0 Å². The van der Waals surface area contributed by atoms with Crippen molar-refractivity contribution in [1.29, 1.82) is 0 Å². The van der Waals surface area contributed by atoms with E-state index in [1.165, 1.54) is 116 Å². The van der Waals surface area contributed by atoms with Crippen molar-refractivity contribution in [2.75, 3.05) is 0 Å². The van der Waals surface area contributed by atoms with E-state index in [4.69, 9.17) is 0 Å². The van der Waals surface area contributed by atoms with E-state index in [9.17, 15) is 0 Å². The average Bonchev–Trinajstić information content (AvgIpc) is 4.23. The molecule has 0 bridgehead atoms. The maximum Gasteiger partial charge on any atom is 0.0542 e. The minimum absolute atomic E-state index is 1.11. The van der Waals surface area contributed by atoms with Gasteiger partial charge in [0.05, 0.1) is 22.1 Å². The molecule has 15 rings (SSSR count). The second kappa shape index (κ2) is 19.8. The Kier molecular flexibility index (Phi) is 11.6. The topological polar surface area (TPSA) is 9.86 Å². The summed E-state index contributed by atoms with van der Waals surface area (Å²) in [4.78, 5) is 0. The van der Waals surface area contributed by atoms with Crippen LogP contribution in [0.25, 0.3) is 144 Å². The molecular weight excluding hydrogens is 965 g/mol. The SMILES string of the molecule is c1ccc(-c2cccc(-c3cccc(-n4c5ccccc5c5cc(-n6c7ccc(-c8cc(-c9ccccc9)cc(-c9ccccc9)c8)cc7c7cc(-c8cc(-c9ccccc9)cc(-c9ccccc9)c8)ccc76)ccc54)c3)c2)cc1. The second-order valence-corrected chi connectivity index (χ2v) is 20.9. The summed E-state index contributed by atoms with van der Waals surface area (Å²) in [5, 5.41) is 4.81. The van der Waals surface area contributed by atoms with Crippen LogP contribution in [0.1, 0.15) is 0 Å². The fourth-order valence-electron chi connectivity index (χ4n) is 12.1. The Morgan fingerprint density at radius 3 is 0.863 bits per heavy atom. The molecule has 2 heteroatoms. The monoisotopic (exact) mass is 1020 g/mol. The Bertz CT molecular complexity index is 4480. The fraction of sp³-hybridized carbons (Fsp3) is 0. The van der Waals surface area contributed by atoms with Gasteiger partial charge in [-0.05, 0) is 192 Å². The molecule has 0 amide bonds. The Labute approximate surface area is 466 Å². The number of rotatable bonds is 10. The lowest BCUT2D eigenvalue weighted by molar-refractivity contribution is 1.17. The lowest BCUT2D eigenvalue weighted by atomic mass is 9.92. The first-order valence-corrected chi connectivity index (χ1v) is 27.5. The Hall–Kier alpha value is -10.5. The highest BCUT2D eigenvalue weighted by Gasteiger charge is 2.20. The lowest BCUT2D eigenvalue weighted by Gasteiger charge is -2.13. The number of para-hydroxylation sites is 1. The number of benzene rings is 13. The predicted molar refractivity (Wildman–Crippen MR) is 339 cm³/mol. The molecule has 0 spiro atoms. The smallest absolute Gasteiger partial charge is 0.0542 e. The maximum absolute atomic E-state index is 2.48. The highest BCUT2D eigenvalue weighted by Crippen LogP contribution is 2.43. The van der Waals surface area contributed by atoms with Crippen molar-refractivity contribution in [3.8, 4) is 100 Å². The van der Waals surface area contributed by atoms with Crippen molar-refractivity contribution in [1.82, 2.24) is 9.13 Å². The number of hydrogen-bond donors (Lipinski definition) is 0. The van der Waals surface area contributed by atoms with E-state index in [1.807, 2.05) is 0 Å². The van der Waals surface area contributed by atoms with Crippen LogP contribution in [0.3, 0.4) is 0 Å². The van der Waals surface area contributed by atoms with E-state index in [1.54, 1.807) is 0 Å². The molecule has 0 aliphatic carbocycles. The fourth-order valence-corrected chi connectivity index (χ4v) is 12.1. The van der Waals surface area contributed by atoms with Crippen molar-refractivity contribution < 1.29 is 0 Å². The van der Waals surface area contributed by atoms with Gasteiger partial charge in [-0.3, -0.25) is 0 Å². The minimum atomic E-state index is 1.11. The second-order valence-electron chi connectivity index (χ2n) is 20.9. The van der Waals surface area contributed by atoms with Crippen molar-refractivity contribution in [2.45, 2.75) is 0 Å². The molecule has 2 heterocycles. The summed E-state index contributed by atoms with van der Waals surface area (Å²) in [6, 6.07) is 116. The van der Waals surface area contributed by atoms with Crippen LogP contribution in [0.4, 0.5) is 0 Å². The molecule has 0 N–H and O–H groups in total. The lowest BCUT2D eigenvalue weighted by Crippen LogP contribution is -1.96. The third-order valence-corrected chi connectivity index (χ3v) is 16.0. The molecule has 0 unspecified atom stereocenters. The molecule has 374 valence electrons. The van der Waals surface area contributed by atoms with Crippen LogP contribution < -0.4 is 0 Å². The zero-order chi connectivity index (χ0) is 52.9. The van der Waals surface area contributed by atoms with E-state index in [2.05, 4.69) is 325 Å². The largest absolute Gasteiger partial charge is 0.309 e. The van der Waals surface area contributed by atoms with E-state index in [0.717, 1.165) is 27.9 Å². The summed E-state index contributed by atoms with van der Waals surface area (Å²) >= 11 is 0. The van der Waals surface area contributed by atoms with Gasteiger partial charge < -0.3 is 9.13 Å². The van der Waals surface area contributed by atoms with E-state index < -0.39 is 0 Å². The minimum Gasteiger partial charge on any atom is -0.309 e. The van der Waals surface area contributed by atoms with Crippen molar-refractivity contribution in [2.24, 2.45) is 0 Å². The maximum atomic E-state index is 2.48. The molecule has 0 radical (unpaired) electrons. The van der Waals surface area contributed by atoms with Crippen LogP contribution >= 0.6 is 0 Å². The summed E-state index contributed by atoms with van der Waals surface area (Å²) in [5.74, 6) is 0. The Morgan fingerprint density at radius 2 is 0.412 bits per heavy atom. The molecular formula is C78H52N2. The molecule has 13 aromatic carbocycles. The zero-order valence-corrected chi connectivity index (χ0v) is 43.9. The van der Waals surface area contributed by atoms with Crippen LogP contribution in [0, 0.1) is 0 Å². The van der Waals surface area contributed by atoms with Gasteiger partial charge in [0.15, 0.2) is 0 Å². The average molecular weight is 1020 g/mol.